The minimum Gasteiger partial charge on any atom is -0.398 e. The highest BCUT2D eigenvalue weighted by Crippen LogP contribution is 2.20. The molecular weight excluding hydrogens is 250 g/mol. The topological polar surface area (TPSA) is 58.4 Å². The number of nitrogens with one attached hydrogen (secondary N) is 1. The average molecular weight is 277 g/mol. The Bertz CT molecular complexity index is 445. The van der Waals surface area contributed by atoms with E-state index in [-0.39, 0.29) is 11.9 Å². The molecule has 0 aromatic heterocycles. The lowest BCUT2D eigenvalue weighted by Gasteiger charge is -2.27. The summed E-state index contributed by atoms with van der Waals surface area (Å²) in [6.45, 7) is 9.96. The van der Waals surface area contributed by atoms with Crippen molar-refractivity contribution in [1.29, 1.82) is 0 Å². The van der Waals surface area contributed by atoms with Gasteiger partial charge in [0.2, 0.25) is 5.91 Å². The van der Waals surface area contributed by atoms with Gasteiger partial charge in [-0.1, -0.05) is 26.3 Å². The second-order valence-electron chi connectivity index (χ2n) is 5.17. The van der Waals surface area contributed by atoms with Crippen LogP contribution in [-0.4, -0.2) is 29.9 Å². The summed E-state index contributed by atoms with van der Waals surface area (Å²) in [7, 11) is 0. The number of likely N-dealkylation sites (N-methyl/N-ethyl adjacent to an activating group) is 1. The molecule has 1 aromatic carbocycles. The van der Waals surface area contributed by atoms with Crippen molar-refractivity contribution >= 4 is 17.3 Å². The molecule has 4 heteroatoms. The van der Waals surface area contributed by atoms with Crippen LogP contribution < -0.4 is 11.1 Å². The highest BCUT2D eigenvalue weighted by atomic mass is 16.2. The molecule has 0 bridgehead atoms. The summed E-state index contributed by atoms with van der Waals surface area (Å²) in [5.41, 5.74) is 8.29. The lowest BCUT2D eigenvalue weighted by molar-refractivity contribution is -0.120. The largest absolute Gasteiger partial charge is 0.398 e. The molecular formula is C16H27N3O. The van der Waals surface area contributed by atoms with E-state index in [0.717, 1.165) is 37.2 Å². The first kappa shape index (κ1) is 16.5. The zero-order valence-electron chi connectivity index (χ0n) is 13.1. The molecule has 0 saturated carbocycles. The lowest BCUT2D eigenvalue weighted by atomic mass is 10.1. The number of nitrogen functional groups attached to an aromatic ring is 1. The average Bonchev–Trinajstić information content (AvgIpc) is 2.44. The van der Waals surface area contributed by atoms with Crippen LogP contribution in [0.15, 0.2) is 18.2 Å². The summed E-state index contributed by atoms with van der Waals surface area (Å²) in [4.78, 5) is 14.5. The standard InChI is InChI=1S/C16H27N3O/c1-5-7-11-19(6-2)13(4)16(20)18-15-10-8-9-14(17)12(15)3/h8-10,13H,5-7,11,17H2,1-4H3,(H,18,20). The Balaban J connectivity index is 2.71. The van der Waals surface area contributed by atoms with E-state index in [1.54, 1.807) is 0 Å². The first-order valence-electron chi connectivity index (χ1n) is 7.41. The number of nitrogens with two attached hydrogens (primary N) is 1. The second kappa shape index (κ2) is 7.90. The van der Waals surface area contributed by atoms with Gasteiger partial charge in [0.1, 0.15) is 0 Å². The fraction of sp³-hybridized carbons (Fsp3) is 0.562. The Labute approximate surface area is 122 Å². The van der Waals surface area contributed by atoms with Gasteiger partial charge in [0.15, 0.2) is 0 Å². The molecule has 0 radical (unpaired) electrons. The first-order chi connectivity index (χ1) is 9.51. The Kier molecular flexibility index (Phi) is 6.52. The molecule has 0 spiro atoms. The maximum absolute atomic E-state index is 12.3. The van der Waals surface area contributed by atoms with Crippen molar-refractivity contribution in [3.8, 4) is 0 Å². The maximum atomic E-state index is 12.3. The number of unbranched alkanes of at least 4 members (excludes halogenated alkanes) is 1. The Hall–Kier alpha value is -1.55. The molecule has 0 heterocycles. The summed E-state index contributed by atoms with van der Waals surface area (Å²) >= 11 is 0. The molecule has 0 aliphatic rings. The number of hydrogen-bond acceptors (Lipinski definition) is 3. The normalized spacial score (nSPS) is 12.4. The van der Waals surface area contributed by atoms with E-state index in [4.69, 9.17) is 5.73 Å². The lowest BCUT2D eigenvalue weighted by Crippen LogP contribution is -2.42. The van der Waals surface area contributed by atoms with Crippen molar-refractivity contribution in [2.24, 2.45) is 0 Å². The van der Waals surface area contributed by atoms with E-state index in [1.165, 1.54) is 0 Å². The van der Waals surface area contributed by atoms with Crippen LogP contribution in [0, 0.1) is 6.92 Å². The predicted molar refractivity (Wildman–Crippen MR) is 85.8 cm³/mol. The van der Waals surface area contributed by atoms with E-state index < -0.39 is 0 Å². The second-order valence-corrected chi connectivity index (χ2v) is 5.17. The van der Waals surface area contributed by atoms with Crippen LogP contribution in [0.2, 0.25) is 0 Å². The van der Waals surface area contributed by atoms with Crippen LogP contribution in [0.3, 0.4) is 0 Å². The van der Waals surface area contributed by atoms with Gasteiger partial charge in [0.05, 0.1) is 6.04 Å². The van der Waals surface area contributed by atoms with Crippen molar-refractivity contribution in [3.63, 3.8) is 0 Å². The van der Waals surface area contributed by atoms with E-state index in [9.17, 15) is 4.79 Å². The predicted octanol–water partition coefficient (Wildman–Crippen LogP) is 3.03. The number of carbonyl (C=O) groups excluding carboxylic acids is 1. The third-order valence-corrected chi connectivity index (χ3v) is 3.77. The molecule has 1 atom stereocenters. The zero-order valence-corrected chi connectivity index (χ0v) is 13.1. The van der Waals surface area contributed by atoms with Gasteiger partial charge in [0, 0.05) is 11.4 Å². The van der Waals surface area contributed by atoms with Gasteiger partial charge in [-0.15, -0.1) is 0 Å². The molecule has 0 fully saturated rings. The molecule has 1 amide bonds. The van der Waals surface area contributed by atoms with Crippen LogP contribution in [0.1, 0.15) is 39.2 Å². The van der Waals surface area contributed by atoms with Gasteiger partial charge < -0.3 is 11.1 Å². The third-order valence-electron chi connectivity index (χ3n) is 3.77. The molecule has 112 valence electrons. The molecule has 1 aromatic rings. The molecule has 4 nitrogen and oxygen atoms in total. The fourth-order valence-corrected chi connectivity index (χ4v) is 2.18. The number of nitrogens with zero attached hydrogens (tertiary/aromatic N) is 1. The van der Waals surface area contributed by atoms with Gasteiger partial charge in [-0.05, 0) is 51.1 Å². The summed E-state index contributed by atoms with van der Waals surface area (Å²) < 4.78 is 0. The number of amides is 1. The van der Waals surface area contributed by atoms with Crippen LogP contribution in [0.5, 0.6) is 0 Å². The minimum atomic E-state index is -0.132. The highest BCUT2D eigenvalue weighted by molar-refractivity contribution is 5.95. The monoisotopic (exact) mass is 277 g/mol. The van der Waals surface area contributed by atoms with Gasteiger partial charge in [-0.2, -0.15) is 0 Å². The summed E-state index contributed by atoms with van der Waals surface area (Å²) in [6.07, 6.45) is 2.25. The van der Waals surface area contributed by atoms with Crippen molar-refractivity contribution < 1.29 is 4.79 Å². The van der Waals surface area contributed by atoms with Crippen LogP contribution in [-0.2, 0) is 4.79 Å². The Morgan fingerprint density at radius 3 is 2.70 bits per heavy atom. The van der Waals surface area contributed by atoms with Crippen molar-refractivity contribution in [2.45, 2.75) is 46.6 Å². The van der Waals surface area contributed by atoms with Crippen LogP contribution in [0.4, 0.5) is 11.4 Å². The maximum Gasteiger partial charge on any atom is 0.241 e. The fourth-order valence-electron chi connectivity index (χ4n) is 2.18. The van der Waals surface area contributed by atoms with Crippen molar-refractivity contribution in [2.75, 3.05) is 24.1 Å². The van der Waals surface area contributed by atoms with Gasteiger partial charge >= 0.3 is 0 Å². The minimum absolute atomic E-state index is 0.0247. The zero-order chi connectivity index (χ0) is 15.1. The molecule has 0 saturated heterocycles. The number of hydrogen-bond donors (Lipinski definition) is 2. The third kappa shape index (κ3) is 4.23. The quantitative estimate of drug-likeness (QED) is 0.753. The molecule has 1 unspecified atom stereocenters. The number of carbonyl (C=O) groups is 1. The summed E-state index contributed by atoms with van der Waals surface area (Å²) in [5, 5.41) is 2.98. The highest BCUT2D eigenvalue weighted by Gasteiger charge is 2.20. The smallest absolute Gasteiger partial charge is 0.241 e. The van der Waals surface area contributed by atoms with Crippen molar-refractivity contribution in [1.82, 2.24) is 4.90 Å². The van der Waals surface area contributed by atoms with Crippen molar-refractivity contribution in [3.05, 3.63) is 23.8 Å². The molecule has 0 aliphatic carbocycles. The molecule has 3 N–H and O–H groups in total. The SMILES string of the molecule is CCCCN(CC)C(C)C(=O)Nc1cccc(N)c1C. The van der Waals surface area contributed by atoms with Crippen LogP contribution >= 0.6 is 0 Å². The summed E-state index contributed by atoms with van der Waals surface area (Å²) in [5.74, 6) is 0.0247. The van der Waals surface area contributed by atoms with Crippen LogP contribution in [0.25, 0.3) is 0 Å². The molecule has 20 heavy (non-hydrogen) atoms. The Morgan fingerprint density at radius 2 is 2.10 bits per heavy atom. The van der Waals surface area contributed by atoms with E-state index in [1.807, 2.05) is 32.0 Å². The number of anilines is 2. The van der Waals surface area contributed by atoms with E-state index in [2.05, 4.69) is 24.1 Å². The van der Waals surface area contributed by atoms with Gasteiger partial charge in [-0.3, -0.25) is 9.69 Å². The first-order valence-corrected chi connectivity index (χ1v) is 7.41. The molecule has 0 aliphatic heterocycles. The summed E-state index contributed by atoms with van der Waals surface area (Å²) in [6, 6.07) is 5.46. The number of rotatable bonds is 7. The van der Waals surface area contributed by atoms with E-state index in [0.29, 0.717) is 5.69 Å². The number of benzene rings is 1. The van der Waals surface area contributed by atoms with Gasteiger partial charge in [0.25, 0.3) is 0 Å². The van der Waals surface area contributed by atoms with E-state index >= 15 is 0 Å². The molecule has 1 rings (SSSR count). The Morgan fingerprint density at radius 1 is 1.40 bits per heavy atom. The van der Waals surface area contributed by atoms with Gasteiger partial charge in [-0.25, -0.2) is 0 Å².